The lowest BCUT2D eigenvalue weighted by molar-refractivity contribution is -0.141. The number of aryl methyl sites for hydroxylation is 1. The van der Waals surface area contributed by atoms with Gasteiger partial charge in [-0.15, -0.1) is 11.3 Å². The number of hydrogen-bond acceptors (Lipinski definition) is 2. The van der Waals surface area contributed by atoms with Crippen LogP contribution in [-0.4, -0.2) is 30.3 Å². The molecular weight excluding hydrogens is 232 g/mol. The minimum absolute atomic E-state index is 0.229. The van der Waals surface area contributed by atoms with Gasteiger partial charge in [-0.2, -0.15) is 8.78 Å². The monoisotopic (exact) mass is 245 g/mol. The van der Waals surface area contributed by atoms with Gasteiger partial charge in [0.05, 0.1) is 0 Å². The Morgan fingerprint density at radius 3 is 2.94 bits per heavy atom. The molecule has 0 aliphatic carbocycles. The summed E-state index contributed by atoms with van der Waals surface area (Å²) in [7, 11) is 0. The molecule has 1 saturated heterocycles. The summed E-state index contributed by atoms with van der Waals surface area (Å²) in [6.07, 6.45) is -2.09. The number of carbonyl (C=O) groups excluding carboxylic acids is 1. The van der Waals surface area contributed by atoms with Crippen molar-refractivity contribution in [1.82, 2.24) is 4.90 Å². The van der Waals surface area contributed by atoms with Crippen molar-refractivity contribution >= 4 is 17.2 Å². The Labute approximate surface area is 96.9 Å². The van der Waals surface area contributed by atoms with Crippen molar-refractivity contribution in [3.63, 3.8) is 0 Å². The minimum atomic E-state index is -2.87. The first-order valence-corrected chi connectivity index (χ1v) is 6.08. The summed E-state index contributed by atoms with van der Waals surface area (Å²) in [6, 6.07) is 2.08. The average molecular weight is 245 g/mol. The van der Waals surface area contributed by atoms with E-state index in [9.17, 15) is 13.6 Å². The van der Waals surface area contributed by atoms with Gasteiger partial charge < -0.3 is 4.90 Å². The molecule has 5 heteroatoms. The van der Waals surface area contributed by atoms with E-state index in [0.29, 0.717) is 13.1 Å². The van der Waals surface area contributed by atoms with Gasteiger partial charge in [-0.05, 0) is 30.4 Å². The van der Waals surface area contributed by atoms with E-state index in [4.69, 9.17) is 0 Å². The van der Waals surface area contributed by atoms with Gasteiger partial charge in [0.2, 0.25) is 0 Å². The summed E-state index contributed by atoms with van der Waals surface area (Å²) in [6.45, 7) is 2.90. The highest BCUT2D eigenvalue weighted by Crippen LogP contribution is 2.30. The minimum Gasteiger partial charge on any atom is -0.337 e. The molecular formula is C11H13F2NOS. The lowest BCUT2D eigenvalue weighted by atomic mass is 10.0. The van der Waals surface area contributed by atoms with Crippen LogP contribution in [0.1, 0.15) is 22.8 Å². The Bertz CT molecular complexity index is 391. The van der Waals surface area contributed by atoms with Crippen LogP contribution in [0.5, 0.6) is 0 Å². The number of nitrogens with zero attached hydrogens (tertiary/aromatic N) is 1. The van der Waals surface area contributed by atoms with Crippen LogP contribution in [0.25, 0.3) is 0 Å². The van der Waals surface area contributed by atoms with Crippen molar-refractivity contribution in [2.24, 2.45) is 0 Å². The molecule has 88 valence electrons. The van der Waals surface area contributed by atoms with Gasteiger partial charge in [0.25, 0.3) is 5.91 Å². The first-order chi connectivity index (χ1) is 7.58. The maximum atomic E-state index is 12.2. The van der Waals surface area contributed by atoms with Crippen molar-refractivity contribution in [3.8, 4) is 0 Å². The van der Waals surface area contributed by atoms with Gasteiger partial charge in [0, 0.05) is 23.9 Å². The molecule has 0 bridgehead atoms. The van der Waals surface area contributed by atoms with Crippen LogP contribution in [0.2, 0.25) is 0 Å². The summed E-state index contributed by atoms with van der Waals surface area (Å²) in [5.74, 6) is -0.804. The van der Waals surface area contributed by atoms with Gasteiger partial charge in [0.1, 0.15) is 0 Å². The van der Waals surface area contributed by atoms with Crippen LogP contribution < -0.4 is 0 Å². The standard InChI is InChI=1S/C11H13F2NOS/c1-7-4-9(6-16-7)8-2-3-14(5-8)11(15)10(12)13/h4,6,8,10H,2-3,5H2,1H3/t8-/m0/s1. The molecule has 1 aromatic rings. The largest absolute Gasteiger partial charge is 0.337 e. The van der Waals surface area contributed by atoms with Gasteiger partial charge in [-0.25, -0.2) is 0 Å². The molecule has 2 heterocycles. The Morgan fingerprint density at radius 1 is 1.62 bits per heavy atom. The van der Waals surface area contributed by atoms with Gasteiger partial charge >= 0.3 is 6.43 Å². The molecule has 1 aromatic heterocycles. The van der Waals surface area contributed by atoms with Crippen LogP contribution in [0, 0.1) is 6.92 Å². The zero-order valence-electron chi connectivity index (χ0n) is 8.95. The summed E-state index contributed by atoms with van der Waals surface area (Å²) in [5.41, 5.74) is 1.17. The second-order valence-corrected chi connectivity index (χ2v) is 5.18. The van der Waals surface area contributed by atoms with Crippen molar-refractivity contribution in [3.05, 3.63) is 21.9 Å². The topological polar surface area (TPSA) is 20.3 Å². The van der Waals surface area contributed by atoms with E-state index in [1.807, 2.05) is 6.92 Å². The molecule has 0 unspecified atom stereocenters. The third-order valence-corrected chi connectivity index (χ3v) is 3.79. The molecule has 1 fully saturated rings. The quantitative estimate of drug-likeness (QED) is 0.784. The van der Waals surface area contributed by atoms with E-state index in [1.165, 1.54) is 15.3 Å². The van der Waals surface area contributed by atoms with Crippen LogP contribution in [-0.2, 0) is 4.79 Å². The van der Waals surface area contributed by atoms with Gasteiger partial charge in [0.15, 0.2) is 0 Å². The van der Waals surface area contributed by atoms with Crippen LogP contribution in [0.15, 0.2) is 11.4 Å². The zero-order chi connectivity index (χ0) is 11.7. The number of amides is 1. The van der Waals surface area contributed by atoms with E-state index in [1.54, 1.807) is 11.3 Å². The fraction of sp³-hybridized carbons (Fsp3) is 0.545. The normalized spacial score (nSPS) is 20.8. The van der Waals surface area contributed by atoms with Gasteiger partial charge in [-0.1, -0.05) is 0 Å². The Balaban J connectivity index is 2.01. The highest BCUT2D eigenvalue weighted by Gasteiger charge is 2.31. The van der Waals surface area contributed by atoms with Crippen LogP contribution in [0.4, 0.5) is 8.78 Å². The average Bonchev–Trinajstić information content (AvgIpc) is 2.84. The maximum absolute atomic E-state index is 12.2. The number of carbonyl (C=O) groups is 1. The molecule has 1 aliphatic heterocycles. The number of rotatable bonds is 2. The predicted molar refractivity (Wildman–Crippen MR) is 59.0 cm³/mol. The molecule has 2 nitrogen and oxygen atoms in total. The van der Waals surface area contributed by atoms with Crippen molar-refractivity contribution < 1.29 is 13.6 Å². The fourth-order valence-corrected chi connectivity index (χ4v) is 2.83. The smallest absolute Gasteiger partial charge is 0.315 e. The van der Waals surface area contributed by atoms with Crippen LogP contribution in [0.3, 0.4) is 0 Å². The highest BCUT2D eigenvalue weighted by atomic mass is 32.1. The first-order valence-electron chi connectivity index (χ1n) is 5.20. The van der Waals surface area contributed by atoms with E-state index < -0.39 is 12.3 Å². The summed E-state index contributed by atoms with van der Waals surface area (Å²) >= 11 is 1.66. The molecule has 2 rings (SSSR count). The lowest BCUT2D eigenvalue weighted by Gasteiger charge is -2.15. The predicted octanol–water partition coefficient (Wildman–Crippen LogP) is 2.64. The van der Waals surface area contributed by atoms with E-state index >= 15 is 0 Å². The van der Waals surface area contributed by atoms with E-state index in [-0.39, 0.29) is 5.92 Å². The molecule has 0 radical (unpaired) electrons. The maximum Gasteiger partial charge on any atom is 0.315 e. The number of hydrogen-bond donors (Lipinski definition) is 0. The Kier molecular flexibility index (Phi) is 3.23. The number of thiophene rings is 1. The SMILES string of the molecule is Cc1cc([C@H]2CCN(C(=O)C(F)F)C2)cs1. The summed E-state index contributed by atoms with van der Waals surface area (Å²) < 4.78 is 24.4. The van der Waals surface area contributed by atoms with E-state index in [2.05, 4.69) is 11.4 Å². The number of alkyl halides is 2. The lowest BCUT2D eigenvalue weighted by Crippen LogP contribution is -2.33. The Morgan fingerprint density at radius 2 is 2.38 bits per heavy atom. The van der Waals surface area contributed by atoms with Crippen LogP contribution >= 0.6 is 11.3 Å². The number of halogens is 2. The molecule has 0 saturated carbocycles. The molecule has 16 heavy (non-hydrogen) atoms. The molecule has 1 amide bonds. The summed E-state index contributed by atoms with van der Waals surface area (Å²) in [4.78, 5) is 13.6. The molecule has 0 N–H and O–H groups in total. The van der Waals surface area contributed by atoms with Crippen molar-refractivity contribution in [2.45, 2.75) is 25.7 Å². The van der Waals surface area contributed by atoms with Crippen molar-refractivity contribution in [2.75, 3.05) is 13.1 Å². The highest BCUT2D eigenvalue weighted by molar-refractivity contribution is 7.10. The molecule has 0 aromatic carbocycles. The third-order valence-electron chi connectivity index (χ3n) is 2.91. The second-order valence-electron chi connectivity index (χ2n) is 4.06. The van der Waals surface area contributed by atoms with Gasteiger partial charge in [-0.3, -0.25) is 4.79 Å². The first kappa shape index (κ1) is 11.5. The zero-order valence-corrected chi connectivity index (χ0v) is 9.77. The third kappa shape index (κ3) is 2.24. The fourth-order valence-electron chi connectivity index (χ4n) is 2.05. The molecule has 0 spiro atoms. The second kappa shape index (κ2) is 4.49. The van der Waals surface area contributed by atoms with Crippen molar-refractivity contribution in [1.29, 1.82) is 0 Å². The summed E-state index contributed by atoms with van der Waals surface area (Å²) in [5, 5.41) is 2.05. The molecule has 1 aliphatic rings. The Hall–Kier alpha value is -0.970. The molecule has 1 atom stereocenters. The number of likely N-dealkylation sites (tertiary alicyclic amines) is 1. The van der Waals surface area contributed by atoms with E-state index in [0.717, 1.165) is 6.42 Å².